The van der Waals surface area contributed by atoms with Crippen LogP contribution in [0.15, 0.2) is 211 Å². The fourth-order valence-electron chi connectivity index (χ4n) is 9.47. The lowest BCUT2D eigenvalue weighted by Crippen LogP contribution is -2.28. The number of hydrogen-bond acceptors (Lipinski definition) is 2. The first-order chi connectivity index (χ1) is 28.3. The molecule has 0 amide bonds. The van der Waals surface area contributed by atoms with Crippen molar-refractivity contribution in [3.8, 4) is 39.1 Å². The molecule has 0 bridgehead atoms. The largest absolute Gasteiger partial charge is 0.454 e. The van der Waals surface area contributed by atoms with Gasteiger partial charge in [-0.25, -0.2) is 0 Å². The Morgan fingerprint density at radius 3 is 1.91 bits per heavy atom. The number of para-hydroxylation sites is 3. The highest BCUT2D eigenvalue weighted by Crippen LogP contribution is 2.49. The smallest absolute Gasteiger partial charge is 0.159 e. The van der Waals surface area contributed by atoms with E-state index >= 15 is 0 Å². The Morgan fingerprint density at radius 1 is 0.404 bits per heavy atom. The Morgan fingerprint density at radius 2 is 1.04 bits per heavy atom. The topological polar surface area (TPSA) is 21.3 Å². The van der Waals surface area contributed by atoms with Crippen molar-refractivity contribution in [2.75, 3.05) is 4.90 Å². The molecule has 57 heavy (non-hydrogen) atoms. The van der Waals surface area contributed by atoms with Crippen LogP contribution < -0.4 is 4.90 Å². The number of rotatable bonds is 5. The summed E-state index contributed by atoms with van der Waals surface area (Å²) in [7, 11) is 0. The molecule has 0 fully saturated rings. The summed E-state index contributed by atoms with van der Waals surface area (Å²) in [6, 6.07) is 66.4. The van der Waals surface area contributed by atoms with Crippen LogP contribution in [-0.4, -0.2) is 10.6 Å². The standard InChI is InChI=1S/C54H36N2O/c1-3-14-35(15-4-1)36-16-13-17-37(30-36)40-32-47-45-22-9-12-25-53(45)57-54(47)52(34-40)56-49-24-11-8-21-43(49)46-31-38(27-29-50(46)56)39-26-28-44-42-20-7-10-23-48(42)55(51(44)33-39)41-18-5-2-6-19-41/h1-34,42,48H. The van der Waals surface area contributed by atoms with Gasteiger partial charge in [-0.05, 0) is 99.6 Å². The van der Waals surface area contributed by atoms with Crippen LogP contribution >= 0.6 is 0 Å². The van der Waals surface area contributed by atoms with E-state index in [2.05, 4.69) is 216 Å². The third-order valence-electron chi connectivity index (χ3n) is 12.1. The van der Waals surface area contributed by atoms with Gasteiger partial charge in [0.05, 0.1) is 22.8 Å². The van der Waals surface area contributed by atoms with Crippen molar-refractivity contribution < 1.29 is 4.42 Å². The van der Waals surface area contributed by atoms with Crippen LogP contribution in [0.1, 0.15) is 11.5 Å². The lowest BCUT2D eigenvalue weighted by atomic mass is 9.90. The predicted octanol–water partition coefficient (Wildman–Crippen LogP) is 14.4. The minimum atomic E-state index is 0.259. The van der Waals surface area contributed by atoms with Gasteiger partial charge in [-0.1, -0.05) is 146 Å². The average molecular weight is 729 g/mol. The van der Waals surface area contributed by atoms with Gasteiger partial charge in [-0.3, -0.25) is 0 Å². The Bertz CT molecular complexity index is 3260. The van der Waals surface area contributed by atoms with E-state index in [0.717, 1.165) is 44.2 Å². The van der Waals surface area contributed by atoms with E-state index in [0.29, 0.717) is 5.92 Å². The Hall–Kier alpha value is -7.36. The van der Waals surface area contributed by atoms with Crippen LogP contribution in [0.3, 0.4) is 0 Å². The molecule has 12 rings (SSSR count). The lowest BCUT2D eigenvalue weighted by Gasteiger charge is -2.28. The van der Waals surface area contributed by atoms with Gasteiger partial charge in [-0.2, -0.15) is 0 Å². The van der Waals surface area contributed by atoms with Crippen molar-refractivity contribution in [3.63, 3.8) is 0 Å². The molecule has 3 heterocycles. The minimum absolute atomic E-state index is 0.259. The summed E-state index contributed by atoms with van der Waals surface area (Å²) < 4.78 is 9.19. The maximum atomic E-state index is 6.78. The van der Waals surface area contributed by atoms with Crippen LogP contribution in [0.5, 0.6) is 0 Å². The van der Waals surface area contributed by atoms with Gasteiger partial charge in [0.1, 0.15) is 5.58 Å². The second-order valence-electron chi connectivity index (χ2n) is 15.3. The highest BCUT2D eigenvalue weighted by atomic mass is 16.3. The molecule has 3 nitrogen and oxygen atoms in total. The van der Waals surface area contributed by atoms with Crippen LogP contribution in [0.25, 0.3) is 82.8 Å². The van der Waals surface area contributed by atoms with E-state index in [9.17, 15) is 0 Å². The molecule has 0 N–H and O–H groups in total. The zero-order chi connectivity index (χ0) is 37.5. The highest BCUT2D eigenvalue weighted by molar-refractivity contribution is 6.14. The summed E-state index contributed by atoms with van der Waals surface area (Å²) in [6.45, 7) is 0. The van der Waals surface area contributed by atoms with Crippen molar-refractivity contribution in [1.82, 2.24) is 4.57 Å². The molecule has 3 heteroatoms. The van der Waals surface area contributed by atoms with Gasteiger partial charge in [-0.15, -0.1) is 0 Å². The van der Waals surface area contributed by atoms with E-state index in [1.54, 1.807) is 0 Å². The molecule has 2 unspecified atom stereocenters. The van der Waals surface area contributed by atoms with Crippen LogP contribution in [0.4, 0.5) is 11.4 Å². The summed E-state index contributed by atoms with van der Waals surface area (Å²) in [5, 5.41) is 4.65. The van der Waals surface area contributed by atoms with Crippen molar-refractivity contribution in [3.05, 3.63) is 212 Å². The number of nitrogens with zero attached hydrogens (tertiary/aromatic N) is 2. The summed E-state index contributed by atoms with van der Waals surface area (Å²) in [4.78, 5) is 2.51. The van der Waals surface area contributed by atoms with Crippen molar-refractivity contribution in [2.24, 2.45) is 0 Å². The number of benzene rings is 8. The number of anilines is 2. The van der Waals surface area contributed by atoms with E-state index < -0.39 is 0 Å². The Kier molecular flexibility index (Phi) is 7.05. The molecule has 268 valence electrons. The molecule has 0 saturated carbocycles. The summed E-state index contributed by atoms with van der Waals surface area (Å²) in [5.74, 6) is 0.325. The van der Waals surface area contributed by atoms with Gasteiger partial charge in [0.15, 0.2) is 5.58 Å². The lowest BCUT2D eigenvalue weighted by molar-refractivity contribution is 0.666. The van der Waals surface area contributed by atoms with Crippen molar-refractivity contribution in [1.29, 1.82) is 0 Å². The first-order valence-electron chi connectivity index (χ1n) is 19.8. The molecule has 2 aromatic heterocycles. The van der Waals surface area contributed by atoms with E-state index in [1.807, 2.05) is 0 Å². The minimum Gasteiger partial charge on any atom is -0.454 e. The number of allylic oxidation sites excluding steroid dienone is 2. The monoisotopic (exact) mass is 728 g/mol. The van der Waals surface area contributed by atoms with Gasteiger partial charge in [0.2, 0.25) is 0 Å². The quantitative estimate of drug-likeness (QED) is 0.176. The van der Waals surface area contributed by atoms with Gasteiger partial charge in [0.25, 0.3) is 0 Å². The van der Waals surface area contributed by atoms with Gasteiger partial charge < -0.3 is 13.9 Å². The fourth-order valence-corrected chi connectivity index (χ4v) is 9.47. The number of aromatic nitrogens is 1. The second kappa shape index (κ2) is 12.6. The maximum Gasteiger partial charge on any atom is 0.159 e. The molecule has 2 atom stereocenters. The zero-order valence-electron chi connectivity index (χ0n) is 31.1. The normalized spacial score (nSPS) is 15.9. The van der Waals surface area contributed by atoms with E-state index in [4.69, 9.17) is 4.42 Å². The number of hydrogen-bond donors (Lipinski definition) is 0. The summed E-state index contributed by atoms with van der Waals surface area (Å²) in [6.07, 6.45) is 9.06. The Labute approximate surface area is 330 Å². The van der Waals surface area contributed by atoms with Gasteiger partial charge in [0, 0.05) is 38.8 Å². The maximum absolute atomic E-state index is 6.78. The van der Waals surface area contributed by atoms with Crippen molar-refractivity contribution >= 4 is 55.1 Å². The highest BCUT2D eigenvalue weighted by Gasteiger charge is 2.37. The van der Waals surface area contributed by atoms with E-state index in [-0.39, 0.29) is 6.04 Å². The molecule has 0 radical (unpaired) electrons. The third kappa shape index (κ3) is 4.99. The van der Waals surface area contributed by atoms with Crippen LogP contribution in [-0.2, 0) is 0 Å². The molecule has 1 aliphatic carbocycles. The van der Waals surface area contributed by atoms with Crippen LogP contribution in [0.2, 0.25) is 0 Å². The van der Waals surface area contributed by atoms with Gasteiger partial charge >= 0.3 is 0 Å². The molecule has 1 aliphatic heterocycles. The average Bonchev–Trinajstić information content (AvgIpc) is 3.94. The molecule has 0 spiro atoms. The molecule has 8 aromatic carbocycles. The molecular weight excluding hydrogens is 693 g/mol. The van der Waals surface area contributed by atoms with E-state index in [1.165, 1.54) is 55.5 Å². The van der Waals surface area contributed by atoms with Crippen LogP contribution in [0, 0.1) is 0 Å². The first kappa shape index (κ1) is 31.9. The molecule has 0 saturated heterocycles. The second-order valence-corrected chi connectivity index (χ2v) is 15.3. The summed E-state index contributed by atoms with van der Waals surface area (Å²) >= 11 is 0. The Balaban J connectivity index is 1.05. The third-order valence-corrected chi connectivity index (χ3v) is 12.1. The SMILES string of the molecule is C1=CC2c3ccc(-c4ccc5c(c4)c4ccccc4n5-c4cc(-c5cccc(-c6ccccc6)c5)cc5c4oc4ccccc45)cc3N(c3ccccc3)C2C=C1. The number of fused-ring (bicyclic) bond motifs is 9. The summed E-state index contributed by atoms with van der Waals surface area (Å²) in [5.41, 5.74) is 16.1. The molecule has 2 aliphatic rings. The molecular formula is C54H36N2O. The first-order valence-corrected chi connectivity index (χ1v) is 19.8. The van der Waals surface area contributed by atoms with Crippen molar-refractivity contribution in [2.45, 2.75) is 12.0 Å². The molecule has 10 aromatic rings. The predicted molar refractivity (Wildman–Crippen MR) is 238 cm³/mol. The fraction of sp³-hybridized carbons (Fsp3) is 0.0370. The number of furan rings is 1. The zero-order valence-corrected chi connectivity index (χ0v) is 31.1.